The molecule has 1 aromatic rings. The molecular formula is C14H23N3. The van der Waals surface area contributed by atoms with Crippen LogP contribution in [0.15, 0.2) is 25.2 Å². The van der Waals surface area contributed by atoms with Gasteiger partial charge in [0.1, 0.15) is 0 Å². The summed E-state index contributed by atoms with van der Waals surface area (Å²) in [6, 6.07) is 1.53. The van der Waals surface area contributed by atoms with E-state index in [0.717, 1.165) is 6.42 Å². The van der Waals surface area contributed by atoms with Crippen LogP contribution in [0.4, 0.5) is 0 Å². The zero-order chi connectivity index (χ0) is 12.3. The van der Waals surface area contributed by atoms with Crippen LogP contribution in [0.5, 0.6) is 0 Å². The molecule has 1 N–H and O–H groups in total. The van der Waals surface area contributed by atoms with Crippen molar-refractivity contribution in [1.82, 2.24) is 14.9 Å². The highest BCUT2D eigenvalue weighted by molar-refractivity contribution is 5.08. The molecule has 3 unspecified atom stereocenters. The smallest absolute Gasteiger partial charge is 0.0951 e. The Morgan fingerprint density at radius 3 is 3.18 bits per heavy atom. The standard InChI is InChI=1S/C14H23N3/c1-4-6-12(3)17-10-15-9-14(17)13-8-5-7-11(2)16-13/h4,9-13,16H,1,5-8H2,2-3H3. The summed E-state index contributed by atoms with van der Waals surface area (Å²) in [5, 5.41) is 3.67. The van der Waals surface area contributed by atoms with Gasteiger partial charge in [-0.05, 0) is 39.5 Å². The summed E-state index contributed by atoms with van der Waals surface area (Å²) in [5.74, 6) is 0. The predicted molar refractivity (Wildman–Crippen MR) is 70.9 cm³/mol. The van der Waals surface area contributed by atoms with E-state index in [-0.39, 0.29) is 0 Å². The number of imidazole rings is 1. The molecule has 0 saturated carbocycles. The lowest BCUT2D eigenvalue weighted by Gasteiger charge is -2.30. The second kappa shape index (κ2) is 5.50. The highest BCUT2D eigenvalue weighted by atomic mass is 15.1. The van der Waals surface area contributed by atoms with E-state index >= 15 is 0 Å². The molecule has 2 rings (SSSR count). The highest BCUT2D eigenvalue weighted by Crippen LogP contribution is 2.27. The van der Waals surface area contributed by atoms with Crippen molar-refractivity contribution >= 4 is 0 Å². The van der Waals surface area contributed by atoms with E-state index in [0.29, 0.717) is 18.1 Å². The van der Waals surface area contributed by atoms with Gasteiger partial charge < -0.3 is 9.88 Å². The first-order chi connectivity index (χ1) is 8.22. The molecule has 0 bridgehead atoms. The van der Waals surface area contributed by atoms with Gasteiger partial charge in [-0.2, -0.15) is 0 Å². The molecule has 0 aliphatic carbocycles. The van der Waals surface area contributed by atoms with Crippen LogP contribution in [0.2, 0.25) is 0 Å². The van der Waals surface area contributed by atoms with Crippen LogP contribution in [0.3, 0.4) is 0 Å². The fraction of sp³-hybridized carbons (Fsp3) is 0.643. The largest absolute Gasteiger partial charge is 0.330 e. The Bertz CT molecular complexity index is 369. The monoisotopic (exact) mass is 233 g/mol. The number of piperidine rings is 1. The van der Waals surface area contributed by atoms with Crippen molar-refractivity contribution < 1.29 is 0 Å². The van der Waals surface area contributed by atoms with Gasteiger partial charge in [-0.3, -0.25) is 0 Å². The molecule has 2 heterocycles. The predicted octanol–water partition coefficient (Wildman–Crippen LogP) is 3.22. The van der Waals surface area contributed by atoms with E-state index in [1.807, 2.05) is 18.6 Å². The molecule has 0 aromatic carbocycles. The fourth-order valence-corrected chi connectivity index (χ4v) is 2.68. The van der Waals surface area contributed by atoms with Crippen molar-refractivity contribution in [1.29, 1.82) is 0 Å². The van der Waals surface area contributed by atoms with Crippen LogP contribution < -0.4 is 5.32 Å². The minimum atomic E-state index is 0.448. The molecule has 0 spiro atoms. The van der Waals surface area contributed by atoms with Crippen molar-refractivity contribution in [2.24, 2.45) is 0 Å². The quantitative estimate of drug-likeness (QED) is 0.809. The van der Waals surface area contributed by atoms with Crippen LogP contribution in [0.1, 0.15) is 57.3 Å². The van der Waals surface area contributed by atoms with Gasteiger partial charge >= 0.3 is 0 Å². The SMILES string of the molecule is C=CCC(C)n1cncc1C1CCCC(C)N1. The molecule has 1 aliphatic heterocycles. The molecule has 3 atom stereocenters. The van der Waals surface area contributed by atoms with Crippen molar-refractivity contribution in [3.63, 3.8) is 0 Å². The van der Waals surface area contributed by atoms with Crippen molar-refractivity contribution in [3.8, 4) is 0 Å². The Balaban J connectivity index is 2.14. The molecule has 3 nitrogen and oxygen atoms in total. The maximum absolute atomic E-state index is 4.31. The first-order valence-electron chi connectivity index (χ1n) is 6.61. The summed E-state index contributed by atoms with van der Waals surface area (Å²) in [5.41, 5.74) is 1.32. The lowest BCUT2D eigenvalue weighted by Crippen LogP contribution is -2.35. The van der Waals surface area contributed by atoms with Gasteiger partial charge in [0.15, 0.2) is 0 Å². The van der Waals surface area contributed by atoms with Gasteiger partial charge in [-0.1, -0.05) is 6.08 Å². The Morgan fingerprint density at radius 1 is 1.65 bits per heavy atom. The number of hydrogen-bond donors (Lipinski definition) is 1. The van der Waals surface area contributed by atoms with Crippen molar-refractivity contribution in [2.45, 2.75) is 57.7 Å². The van der Waals surface area contributed by atoms with Crippen LogP contribution in [0, 0.1) is 0 Å². The summed E-state index contributed by atoms with van der Waals surface area (Å²) in [4.78, 5) is 4.31. The third kappa shape index (κ3) is 2.78. The number of aromatic nitrogens is 2. The molecule has 3 heteroatoms. The number of hydrogen-bond acceptors (Lipinski definition) is 2. The Kier molecular flexibility index (Phi) is 4.00. The van der Waals surface area contributed by atoms with Gasteiger partial charge in [0.05, 0.1) is 12.0 Å². The van der Waals surface area contributed by atoms with E-state index in [9.17, 15) is 0 Å². The van der Waals surface area contributed by atoms with E-state index in [2.05, 4.69) is 35.3 Å². The second-order valence-corrected chi connectivity index (χ2v) is 5.15. The summed E-state index contributed by atoms with van der Waals surface area (Å²) >= 11 is 0. The van der Waals surface area contributed by atoms with Crippen LogP contribution in [-0.4, -0.2) is 15.6 Å². The maximum Gasteiger partial charge on any atom is 0.0951 e. The maximum atomic E-state index is 4.31. The van der Waals surface area contributed by atoms with Gasteiger partial charge in [0.25, 0.3) is 0 Å². The van der Waals surface area contributed by atoms with Crippen molar-refractivity contribution in [3.05, 3.63) is 30.9 Å². The topological polar surface area (TPSA) is 29.9 Å². The molecular weight excluding hydrogens is 210 g/mol. The third-order valence-corrected chi connectivity index (χ3v) is 3.65. The molecule has 1 saturated heterocycles. The lowest BCUT2D eigenvalue weighted by molar-refractivity contribution is 0.324. The normalized spacial score (nSPS) is 26.7. The van der Waals surface area contributed by atoms with Gasteiger partial charge in [-0.15, -0.1) is 6.58 Å². The average molecular weight is 233 g/mol. The second-order valence-electron chi connectivity index (χ2n) is 5.15. The molecule has 0 radical (unpaired) electrons. The minimum absolute atomic E-state index is 0.448. The fourth-order valence-electron chi connectivity index (χ4n) is 2.68. The molecule has 1 aromatic heterocycles. The van der Waals surface area contributed by atoms with Crippen LogP contribution in [-0.2, 0) is 0 Å². The average Bonchev–Trinajstić information content (AvgIpc) is 2.78. The van der Waals surface area contributed by atoms with Gasteiger partial charge in [0, 0.05) is 24.3 Å². The van der Waals surface area contributed by atoms with E-state index < -0.39 is 0 Å². The Morgan fingerprint density at radius 2 is 2.47 bits per heavy atom. The number of rotatable bonds is 4. The Hall–Kier alpha value is -1.09. The zero-order valence-corrected chi connectivity index (χ0v) is 10.9. The van der Waals surface area contributed by atoms with E-state index in [4.69, 9.17) is 0 Å². The van der Waals surface area contributed by atoms with Gasteiger partial charge in [0.2, 0.25) is 0 Å². The van der Waals surface area contributed by atoms with Gasteiger partial charge in [-0.25, -0.2) is 4.98 Å². The summed E-state index contributed by atoms with van der Waals surface area (Å²) < 4.78 is 2.29. The molecule has 0 amide bonds. The van der Waals surface area contributed by atoms with Crippen LogP contribution >= 0.6 is 0 Å². The molecule has 1 fully saturated rings. The third-order valence-electron chi connectivity index (χ3n) is 3.65. The minimum Gasteiger partial charge on any atom is -0.330 e. The summed E-state index contributed by atoms with van der Waals surface area (Å²) in [7, 11) is 0. The molecule has 17 heavy (non-hydrogen) atoms. The summed E-state index contributed by atoms with van der Waals surface area (Å²) in [6.07, 6.45) is 10.7. The zero-order valence-electron chi connectivity index (χ0n) is 10.9. The molecule has 94 valence electrons. The van der Waals surface area contributed by atoms with Crippen molar-refractivity contribution in [2.75, 3.05) is 0 Å². The lowest BCUT2D eigenvalue weighted by atomic mass is 9.97. The Labute approximate surface area is 104 Å². The highest BCUT2D eigenvalue weighted by Gasteiger charge is 2.23. The first-order valence-corrected chi connectivity index (χ1v) is 6.61. The molecule has 1 aliphatic rings. The summed E-state index contributed by atoms with van der Waals surface area (Å²) in [6.45, 7) is 8.30. The van der Waals surface area contributed by atoms with E-state index in [1.54, 1.807) is 0 Å². The number of nitrogens with one attached hydrogen (secondary N) is 1. The number of allylic oxidation sites excluding steroid dienone is 1. The van der Waals surface area contributed by atoms with E-state index in [1.165, 1.54) is 25.0 Å². The first kappa shape index (κ1) is 12.4. The number of nitrogens with zero attached hydrogens (tertiary/aromatic N) is 2. The van der Waals surface area contributed by atoms with Crippen LogP contribution in [0.25, 0.3) is 0 Å².